The van der Waals surface area contributed by atoms with Gasteiger partial charge in [0.25, 0.3) is 0 Å². The third-order valence-corrected chi connectivity index (χ3v) is 4.22. The van der Waals surface area contributed by atoms with Crippen molar-refractivity contribution in [1.82, 2.24) is 5.43 Å². The Balaban J connectivity index is 1.84. The number of methoxy groups -OCH3 is 1. The smallest absolute Gasteiger partial charge is 0.236 e. The molecule has 0 heterocycles. The minimum Gasteiger partial charge on any atom is -0.493 e. The average molecular weight is 383 g/mol. The first-order chi connectivity index (χ1) is 13.1. The molecule has 0 radical (unpaired) electrons. The third kappa shape index (κ3) is 4.57. The van der Waals surface area contributed by atoms with Crippen LogP contribution in [0, 0.1) is 0 Å². The van der Waals surface area contributed by atoms with E-state index in [1.54, 1.807) is 19.2 Å². The summed E-state index contributed by atoms with van der Waals surface area (Å²) in [6, 6.07) is 17.7. The van der Waals surface area contributed by atoms with E-state index in [9.17, 15) is 4.79 Å². The van der Waals surface area contributed by atoms with Crippen molar-refractivity contribution in [2.24, 2.45) is 5.10 Å². The molecule has 0 aromatic heterocycles. The van der Waals surface area contributed by atoms with Gasteiger partial charge in [-0.15, -0.1) is 0 Å². The van der Waals surface area contributed by atoms with Crippen LogP contribution in [0.5, 0.6) is 11.5 Å². The Morgan fingerprint density at radius 2 is 1.96 bits per heavy atom. The van der Waals surface area contributed by atoms with E-state index in [0.29, 0.717) is 28.7 Å². The van der Waals surface area contributed by atoms with Gasteiger partial charge in [0.1, 0.15) is 6.61 Å². The zero-order valence-corrected chi connectivity index (χ0v) is 15.8. The van der Waals surface area contributed by atoms with Crippen molar-refractivity contribution in [3.63, 3.8) is 0 Å². The number of nitrogens with one attached hydrogen (secondary N) is 1. The number of nitrogens with zero attached hydrogens (tertiary/aromatic N) is 1. The number of hydrazone groups is 1. The van der Waals surface area contributed by atoms with Gasteiger partial charge >= 0.3 is 0 Å². The van der Waals surface area contributed by atoms with Crippen LogP contribution < -0.4 is 14.9 Å². The minimum absolute atomic E-state index is 0.251. The second-order valence-corrected chi connectivity index (χ2v) is 6.29. The number of rotatable bonds is 6. The molecule has 0 saturated heterocycles. The van der Waals surface area contributed by atoms with E-state index in [0.717, 1.165) is 16.3 Å². The summed E-state index contributed by atoms with van der Waals surface area (Å²) in [7, 11) is 1.55. The summed E-state index contributed by atoms with van der Waals surface area (Å²) < 4.78 is 11.4. The Bertz CT molecular complexity index is 997. The molecule has 27 heavy (non-hydrogen) atoms. The monoisotopic (exact) mass is 382 g/mol. The number of carbonyl (C=O) groups is 1. The van der Waals surface area contributed by atoms with Crippen molar-refractivity contribution in [3.8, 4) is 11.5 Å². The first-order valence-electron chi connectivity index (χ1n) is 8.35. The van der Waals surface area contributed by atoms with E-state index in [-0.39, 0.29) is 5.91 Å². The fourth-order valence-electron chi connectivity index (χ4n) is 2.72. The molecule has 3 rings (SSSR count). The molecule has 0 saturated carbocycles. The molecule has 0 unspecified atom stereocenters. The summed E-state index contributed by atoms with van der Waals surface area (Å²) in [6.45, 7) is 1.74. The zero-order valence-electron chi connectivity index (χ0n) is 15.0. The molecular formula is C21H19ClN2O3. The number of benzene rings is 3. The summed E-state index contributed by atoms with van der Waals surface area (Å²) >= 11 is 6.39. The summed E-state index contributed by atoms with van der Waals surface area (Å²) in [6.07, 6.45) is 1.49. The Morgan fingerprint density at radius 1 is 1.19 bits per heavy atom. The predicted molar refractivity (Wildman–Crippen MR) is 108 cm³/mol. The summed E-state index contributed by atoms with van der Waals surface area (Å²) in [5.41, 5.74) is 4.09. The Kier molecular flexibility index (Phi) is 5.94. The van der Waals surface area contributed by atoms with Crippen LogP contribution in [0.4, 0.5) is 0 Å². The lowest BCUT2D eigenvalue weighted by molar-refractivity contribution is -0.118. The van der Waals surface area contributed by atoms with Crippen molar-refractivity contribution in [1.29, 1.82) is 0 Å². The number of hydrogen-bond donors (Lipinski definition) is 1. The molecule has 1 amide bonds. The lowest BCUT2D eigenvalue weighted by Gasteiger charge is -2.14. The summed E-state index contributed by atoms with van der Waals surface area (Å²) in [5, 5.41) is 6.52. The first kappa shape index (κ1) is 18.7. The van der Waals surface area contributed by atoms with Crippen LogP contribution in [-0.2, 0) is 11.4 Å². The van der Waals surface area contributed by atoms with E-state index in [2.05, 4.69) is 28.7 Å². The molecule has 138 valence electrons. The highest BCUT2D eigenvalue weighted by Crippen LogP contribution is 2.37. The van der Waals surface area contributed by atoms with Crippen molar-refractivity contribution < 1.29 is 14.3 Å². The second-order valence-electron chi connectivity index (χ2n) is 5.89. The van der Waals surface area contributed by atoms with Gasteiger partial charge in [-0.3, -0.25) is 4.79 Å². The molecule has 6 heteroatoms. The van der Waals surface area contributed by atoms with Crippen LogP contribution in [0.2, 0.25) is 5.02 Å². The van der Waals surface area contributed by atoms with Crippen LogP contribution in [0.3, 0.4) is 0 Å². The molecule has 0 aliphatic rings. The van der Waals surface area contributed by atoms with Gasteiger partial charge in [-0.1, -0.05) is 54.1 Å². The Hall–Kier alpha value is -3.05. The average Bonchev–Trinajstić information content (AvgIpc) is 2.66. The Morgan fingerprint density at radius 3 is 2.74 bits per heavy atom. The molecule has 0 aliphatic heterocycles. The zero-order chi connectivity index (χ0) is 19.2. The summed E-state index contributed by atoms with van der Waals surface area (Å²) in [5.74, 6) is 0.704. The van der Waals surface area contributed by atoms with E-state index >= 15 is 0 Å². The maximum atomic E-state index is 10.9. The van der Waals surface area contributed by atoms with E-state index in [1.165, 1.54) is 13.1 Å². The number of hydrogen-bond acceptors (Lipinski definition) is 4. The van der Waals surface area contributed by atoms with Gasteiger partial charge in [0.05, 0.1) is 18.3 Å². The van der Waals surface area contributed by atoms with Crippen molar-refractivity contribution >= 4 is 34.5 Å². The Labute approximate surface area is 162 Å². The normalized spacial score (nSPS) is 10.9. The van der Waals surface area contributed by atoms with Crippen LogP contribution in [-0.4, -0.2) is 19.2 Å². The quantitative estimate of drug-likeness (QED) is 0.502. The molecule has 0 bridgehead atoms. The topological polar surface area (TPSA) is 59.9 Å². The van der Waals surface area contributed by atoms with Gasteiger partial charge in [0.15, 0.2) is 11.5 Å². The van der Waals surface area contributed by atoms with Gasteiger partial charge in [0, 0.05) is 6.92 Å². The SMILES string of the molecule is COc1cc(C=NNC(C)=O)cc(Cl)c1OCc1cccc2ccccc12. The van der Waals surface area contributed by atoms with Crippen LogP contribution >= 0.6 is 11.6 Å². The van der Waals surface area contributed by atoms with Crippen LogP contribution in [0.15, 0.2) is 59.7 Å². The molecule has 3 aromatic rings. The minimum atomic E-state index is -0.251. The molecule has 5 nitrogen and oxygen atoms in total. The van der Waals surface area contributed by atoms with Crippen molar-refractivity contribution in [2.75, 3.05) is 7.11 Å². The van der Waals surface area contributed by atoms with Gasteiger partial charge in [-0.2, -0.15) is 5.10 Å². The van der Waals surface area contributed by atoms with Crippen molar-refractivity contribution in [3.05, 3.63) is 70.7 Å². The van der Waals surface area contributed by atoms with Crippen molar-refractivity contribution in [2.45, 2.75) is 13.5 Å². The highest BCUT2D eigenvalue weighted by Gasteiger charge is 2.12. The van der Waals surface area contributed by atoms with E-state index in [4.69, 9.17) is 21.1 Å². The number of carbonyl (C=O) groups excluding carboxylic acids is 1. The van der Waals surface area contributed by atoms with E-state index < -0.39 is 0 Å². The highest BCUT2D eigenvalue weighted by molar-refractivity contribution is 6.32. The van der Waals surface area contributed by atoms with Crippen LogP contribution in [0.25, 0.3) is 10.8 Å². The van der Waals surface area contributed by atoms with Gasteiger partial charge in [-0.25, -0.2) is 5.43 Å². The number of fused-ring (bicyclic) bond motifs is 1. The maximum Gasteiger partial charge on any atom is 0.236 e. The summed E-state index contributed by atoms with van der Waals surface area (Å²) in [4.78, 5) is 10.9. The maximum absolute atomic E-state index is 10.9. The molecular weight excluding hydrogens is 364 g/mol. The number of halogens is 1. The number of ether oxygens (including phenoxy) is 2. The van der Waals surface area contributed by atoms with Gasteiger partial charge in [-0.05, 0) is 34.0 Å². The lowest BCUT2D eigenvalue weighted by atomic mass is 10.1. The molecule has 3 aromatic carbocycles. The lowest BCUT2D eigenvalue weighted by Crippen LogP contribution is -2.12. The van der Waals surface area contributed by atoms with Gasteiger partial charge < -0.3 is 9.47 Å². The largest absolute Gasteiger partial charge is 0.493 e. The molecule has 0 aliphatic carbocycles. The third-order valence-electron chi connectivity index (χ3n) is 3.94. The number of amides is 1. The fraction of sp³-hybridized carbons (Fsp3) is 0.143. The molecule has 0 spiro atoms. The first-order valence-corrected chi connectivity index (χ1v) is 8.73. The van der Waals surface area contributed by atoms with E-state index in [1.807, 2.05) is 24.3 Å². The van der Waals surface area contributed by atoms with Crippen LogP contribution in [0.1, 0.15) is 18.1 Å². The van der Waals surface area contributed by atoms with Gasteiger partial charge in [0.2, 0.25) is 5.91 Å². The standard InChI is InChI=1S/C21H19ClN2O3/c1-14(25)24-23-12-15-10-19(22)21(20(11-15)26-2)27-13-17-8-5-7-16-6-3-4-9-18(16)17/h3-12H,13H2,1-2H3,(H,24,25). The highest BCUT2D eigenvalue weighted by atomic mass is 35.5. The molecule has 0 atom stereocenters. The second kappa shape index (κ2) is 8.56. The molecule has 1 N–H and O–H groups in total. The fourth-order valence-corrected chi connectivity index (χ4v) is 2.99. The molecule has 0 fully saturated rings. The predicted octanol–water partition coefficient (Wildman–Crippen LogP) is 4.55.